The molecule has 4 rings (SSSR count). The van der Waals surface area contributed by atoms with Gasteiger partial charge in [-0.1, -0.05) is 18.6 Å². The molecular formula is C23H26LiN3O5. The molecule has 9 heteroatoms. The Bertz CT molecular complexity index is 1120. The standard InChI is InChI=1S/C23H26N3O5.Li/c1-25-20-10-11-21(30-14-17-4-3-5-19(12-17)29-2)24-22(20)26(23(25)28)13-16-6-8-18(9-7-16)31-15-27;/h3-5,10-12,16,18H,6-9,13-14H2,1-2H3;/q-1;+1. The molecule has 2 aromatic heterocycles. The summed E-state index contributed by atoms with van der Waals surface area (Å²) in [6.45, 7) is 2.47. The number of benzene rings is 1. The van der Waals surface area contributed by atoms with E-state index in [1.54, 1.807) is 29.4 Å². The van der Waals surface area contributed by atoms with Crippen LogP contribution in [-0.4, -0.2) is 33.8 Å². The van der Waals surface area contributed by atoms with Gasteiger partial charge in [0, 0.05) is 19.7 Å². The van der Waals surface area contributed by atoms with Gasteiger partial charge in [0.15, 0.2) is 5.65 Å². The zero-order valence-electron chi connectivity index (χ0n) is 18.7. The number of pyridine rings is 1. The van der Waals surface area contributed by atoms with Crippen molar-refractivity contribution < 1.29 is 37.9 Å². The first-order chi connectivity index (χ1) is 15.1. The van der Waals surface area contributed by atoms with Gasteiger partial charge in [0.05, 0.1) is 18.7 Å². The van der Waals surface area contributed by atoms with Crippen LogP contribution in [0.1, 0.15) is 31.2 Å². The minimum absolute atomic E-state index is 0. The van der Waals surface area contributed by atoms with Crippen molar-refractivity contribution in [3.63, 3.8) is 0 Å². The summed E-state index contributed by atoms with van der Waals surface area (Å²) in [5.74, 6) is 1.57. The second-order valence-corrected chi connectivity index (χ2v) is 7.93. The van der Waals surface area contributed by atoms with Crippen LogP contribution in [0.5, 0.6) is 11.6 Å². The smallest absolute Gasteiger partial charge is 0.651 e. The summed E-state index contributed by atoms with van der Waals surface area (Å²) < 4.78 is 19.4. The van der Waals surface area contributed by atoms with Crippen molar-refractivity contribution in [2.24, 2.45) is 13.0 Å². The third kappa shape index (κ3) is 5.20. The third-order valence-electron chi connectivity index (χ3n) is 5.93. The minimum Gasteiger partial charge on any atom is -0.651 e. The van der Waals surface area contributed by atoms with E-state index in [9.17, 15) is 9.59 Å². The predicted octanol–water partition coefficient (Wildman–Crippen LogP) is -0.0308. The Morgan fingerprint density at radius 1 is 1.16 bits per heavy atom. The second kappa shape index (κ2) is 10.8. The average molecular weight is 431 g/mol. The maximum Gasteiger partial charge on any atom is 1.00 e. The molecule has 0 spiro atoms. The maximum atomic E-state index is 12.8. The fourth-order valence-corrected chi connectivity index (χ4v) is 4.18. The van der Waals surface area contributed by atoms with Crippen LogP contribution in [0.15, 0.2) is 41.2 Å². The van der Waals surface area contributed by atoms with Crippen LogP contribution in [0, 0.1) is 5.92 Å². The van der Waals surface area contributed by atoms with Gasteiger partial charge in [0.2, 0.25) is 5.88 Å². The summed E-state index contributed by atoms with van der Waals surface area (Å²) >= 11 is 0. The van der Waals surface area contributed by atoms with E-state index in [-0.39, 0.29) is 30.7 Å². The number of hydrogen-bond acceptors (Lipinski definition) is 6. The fraction of sp³-hybridized carbons (Fsp3) is 0.435. The number of hydrogen-bond donors (Lipinski definition) is 0. The Kier molecular flexibility index (Phi) is 8.05. The van der Waals surface area contributed by atoms with Gasteiger partial charge in [-0.2, -0.15) is 4.98 Å². The number of nitrogens with zero attached hydrogens (tertiary/aromatic N) is 3. The van der Waals surface area contributed by atoms with Gasteiger partial charge in [-0.3, -0.25) is 9.13 Å². The second-order valence-electron chi connectivity index (χ2n) is 7.93. The van der Waals surface area contributed by atoms with Crippen LogP contribution in [0.4, 0.5) is 0 Å². The molecule has 0 unspecified atom stereocenters. The number of methoxy groups -OCH3 is 1. The Hall–Kier alpha value is -2.69. The molecule has 8 nitrogen and oxygen atoms in total. The van der Waals surface area contributed by atoms with Crippen LogP contribution in [0.3, 0.4) is 0 Å². The van der Waals surface area contributed by atoms with E-state index in [4.69, 9.17) is 14.2 Å². The number of rotatable bonds is 8. The molecule has 0 radical (unpaired) electrons. The molecule has 0 amide bonds. The number of aromatic nitrogens is 3. The van der Waals surface area contributed by atoms with E-state index >= 15 is 0 Å². The van der Waals surface area contributed by atoms with E-state index in [1.165, 1.54) is 6.47 Å². The van der Waals surface area contributed by atoms with Crippen molar-refractivity contribution in [3.05, 3.63) is 52.4 Å². The van der Waals surface area contributed by atoms with Crippen molar-refractivity contribution in [1.82, 2.24) is 14.1 Å². The maximum absolute atomic E-state index is 12.8. The first kappa shape index (κ1) is 24.0. The van der Waals surface area contributed by atoms with Crippen molar-refractivity contribution in [3.8, 4) is 11.6 Å². The molecule has 0 aliphatic heterocycles. The first-order valence-corrected chi connectivity index (χ1v) is 10.4. The van der Waals surface area contributed by atoms with Crippen LogP contribution in [-0.2, 0) is 29.7 Å². The normalized spacial score (nSPS) is 18.1. The molecule has 1 aliphatic rings. The summed E-state index contributed by atoms with van der Waals surface area (Å²) in [6.07, 6.45) is 3.30. The quantitative estimate of drug-likeness (QED) is 0.368. The number of fused-ring (bicyclic) bond motifs is 1. The van der Waals surface area contributed by atoms with Gasteiger partial charge in [-0.25, -0.2) is 4.79 Å². The molecule has 164 valence electrons. The Labute approximate surface area is 198 Å². The summed E-state index contributed by atoms with van der Waals surface area (Å²) in [6, 6.07) is 11.3. The van der Waals surface area contributed by atoms with E-state index in [0.717, 1.165) is 42.5 Å². The first-order valence-electron chi connectivity index (χ1n) is 10.4. The Morgan fingerprint density at radius 3 is 2.66 bits per heavy atom. The van der Waals surface area contributed by atoms with Gasteiger partial charge in [0.1, 0.15) is 12.4 Å². The summed E-state index contributed by atoms with van der Waals surface area (Å²) in [5, 5.41) is 0. The Morgan fingerprint density at radius 2 is 1.94 bits per heavy atom. The van der Waals surface area contributed by atoms with Crippen LogP contribution in [0.2, 0.25) is 0 Å². The van der Waals surface area contributed by atoms with Gasteiger partial charge in [-0.15, -0.1) is 0 Å². The van der Waals surface area contributed by atoms with E-state index < -0.39 is 0 Å². The summed E-state index contributed by atoms with van der Waals surface area (Å²) in [5.41, 5.74) is 2.27. The average Bonchev–Trinajstić information content (AvgIpc) is 3.03. The van der Waals surface area contributed by atoms with E-state index in [1.807, 2.05) is 30.3 Å². The van der Waals surface area contributed by atoms with Gasteiger partial charge in [0.25, 0.3) is 0 Å². The number of imidazole rings is 1. The molecule has 0 N–H and O–H groups in total. The molecule has 1 saturated carbocycles. The molecule has 32 heavy (non-hydrogen) atoms. The molecule has 1 aliphatic carbocycles. The molecule has 0 atom stereocenters. The fourth-order valence-electron chi connectivity index (χ4n) is 4.18. The number of ether oxygens (including phenoxy) is 3. The molecule has 2 heterocycles. The molecule has 3 aromatic rings. The molecule has 1 fully saturated rings. The number of carbonyl (C=O) groups excluding carboxylic acids is 1. The largest absolute Gasteiger partial charge is 1.00 e. The zero-order chi connectivity index (χ0) is 21.8. The monoisotopic (exact) mass is 431 g/mol. The van der Waals surface area contributed by atoms with Crippen molar-refractivity contribution in [1.29, 1.82) is 0 Å². The zero-order valence-corrected chi connectivity index (χ0v) is 18.7. The number of aryl methyl sites for hydroxylation is 1. The summed E-state index contributed by atoms with van der Waals surface area (Å²) in [4.78, 5) is 27.9. The van der Waals surface area contributed by atoms with Gasteiger partial charge in [-0.05, 0) is 55.4 Å². The van der Waals surface area contributed by atoms with E-state index in [0.29, 0.717) is 30.6 Å². The minimum atomic E-state index is -0.0907. The summed E-state index contributed by atoms with van der Waals surface area (Å²) in [7, 11) is 3.38. The van der Waals surface area contributed by atoms with Crippen LogP contribution < -0.4 is 34.0 Å². The topological polar surface area (TPSA) is 84.6 Å². The molecule has 0 saturated heterocycles. The molecule has 1 aromatic carbocycles. The van der Waals surface area contributed by atoms with Crippen molar-refractivity contribution in [2.75, 3.05) is 7.11 Å². The van der Waals surface area contributed by atoms with Crippen LogP contribution in [0.25, 0.3) is 11.2 Å². The van der Waals surface area contributed by atoms with Crippen LogP contribution >= 0.6 is 0 Å². The Balaban J connectivity index is 0.00000289. The SMILES string of the molecule is COc1cccc(COc2ccc3c(n2)n(CC2CCC(O[C-]=O)CC2)c(=O)n3C)c1.[Li+]. The van der Waals surface area contributed by atoms with Gasteiger partial charge < -0.3 is 19.0 Å². The molecule has 0 bridgehead atoms. The van der Waals surface area contributed by atoms with Crippen molar-refractivity contribution >= 4 is 17.6 Å². The van der Waals surface area contributed by atoms with Crippen molar-refractivity contribution in [2.45, 2.75) is 44.9 Å². The predicted molar refractivity (Wildman–Crippen MR) is 115 cm³/mol. The molecular weight excluding hydrogens is 405 g/mol. The van der Waals surface area contributed by atoms with Gasteiger partial charge >= 0.3 is 24.6 Å². The third-order valence-corrected chi connectivity index (χ3v) is 5.93. The van der Waals surface area contributed by atoms with E-state index in [2.05, 4.69) is 4.98 Å².